The van der Waals surface area contributed by atoms with Gasteiger partial charge in [-0.25, -0.2) is 9.59 Å². The molecule has 1 unspecified atom stereocenters. The Kier molecular flexibility index (Phi) is 5.53. The van der Waals surface area contributed by atoms with Crippen molar-refractivity contribution in [2.75, 3.05) is 39.1 Å². The van der Waals surface area contributed by atoms with Gasteiger partial charge in [0.2, 0.25) is 0 Å². The van der Waals surface area contributed by atoms with Gasteiger partial charge in [0.1, 0.15) is 0 Å². The summed E-state index contributed by atoms with van der Waals surface area (Å²) in [5.74, 6) is -0.428. The number of esters is 1. The third-order valence-corrected chi connectivity index (χ3v) is 4.56. The van der Waals surface area contributed by atoms with Gasteiger partial charge in [-0.3, -0.25) is 0 Å². The third-order valence-electron chi connectivity index (χ3n) is 4.56. The number of nitrogens with zero attached hydrogens (tertiary/aromatic N) is 2. The maximum Gasteiger partial charge on any atom is 0.337 e. The number of benzene rings is 2. The molecule has 6 nitrogen and oxygen atoms in total. The summed E-state index contributed by atoms with van der Waals surface area (Å²) < 4.78 is 4.73. The zero-order valence-electron chi connectivity index (χ0n) is 15.0. The summed E-state index contributed by atoms with van der Waals surface area (Å²) in [5.41, 5.74) is 2.09. The number of hydrogen-bond acceptors (Lipinski definition) is 4. The van der Waals surface area contributed by atoms with E-state index in [0.717, 1.165) is 18.7 Å². The van der Waals surface area contributed by atoms with E-state index in [1.807, 2.05) is 35.2 Å². The maximum absolute atomic E-state index is 12.9. The highest BCUT2D eigenvalue weighted by atomic mass is 16.5. The van der Waals surface area contributed by atoms with Gasteiger partial charge >= 0.3 is 12.0 Å². The molecule has 1 fully saturated rings. The van der Waals surface area contributed by atoms with Crippen LogP contribution in [0.4, 0.5) is 10.5 Å². The molecule has 0 bridgehead atoms. The highest BCUT2D eigenvalue weighted by Crippen LogP contribution is 2.25. The van der Waals surface area contributed by atoms with Gasteiger partial charge in [-0.1, -0.05) is 36.4 Å². The summed E-state index contributed by atoms with van der Waals surface area (Å²) >= 11 is 0. The summed E-state index contributed by atoms with van der Waals surface area (Å²) in [5, 5.41) is 2.91. The lowest BCUT2D eigenvalue weighted by molar-refractivity contribution is 0.0600. The highest BCUT2D eigenvalue weighted by Gasteiger charge is 2.30. The van der Waals surface area contributed by atoms with Crippen LogP contribution in [0.1, 0.15) is 22.0 Å². The normalized spacial score (nSPS) is 17.6. The number of piperazine rings is 1. The molecule has 0 aromatic heterocycles. The van der Waals surface area contributed by atoms with Crippen LogP contribution in [0.2, 0.25) is 0 Å². The van der Waals surface area contributed by atoms with Gasteiger partial charge < -0.3 is 19.9 Å². The fourth-order valence-electron chi connectivity index (χ4n) is 3.16. The Hall–Kier alpha value is -2.86. The molecule has 1 aliphatic heterocycles. The molecule has 0 saturated carbocycles. The molecule has 0 aliphatic carbocycles. The van der Waals surface area contributed by atoms with Gasteiger partial charge in [0.25, 0.3) is 0 Å². The number of rotatable bonds is 3. The molecule has 2 aromatic rings. The van der Waals surface area contributed by atoms with Crippen LogP contribution < -0.4 is 5.32 Å². The molecule has 1 heterocycles. The van der Waals surface area contributed by atoms with E-state index in [9.17, 15) is 9.59 Å². The number of likely N-dealkylation sites (N-methyl/N-ethyl adjacent to an activating group) is 1. The molecule has 0 spiro atoms. The first kappa shape index (κ1) is 17.9. The molecule has 1 atom stereocenters. The molecule has 1 aliphatic rings. The fourth-order valence-corrected chi connectivity index (χ4v) is 3.16. The van der Waals surface area contributed by atoms with E-state index in [2.05, 4.69) is 17.3 Å². The van der Waals surface area contributed by atoms with Crippen molar-refractivity contribution < 1.29 is 14.3 Å². The number of nitrogens with one attached hydrogen (secondary N) is 1. The first-order valence-electron chi connectivity index (χ1n) is 8.58. The number of amides is 2. The largest absolute Gasteiger partial charge is 0.465 e. The molecule has 26 heavy (non-hydrogen) atoms. The van der Waals surface area contributed by atoms with Crippen molar-refractivity contribution in [3.05, 3.63) is 65.7 Å². The Labute approximate surface area is 153 Å². The first-order chi connectivity index (χ1) is 12.6. The summed E-state index contributed by atoms with van der Waals surface area (Å²) in [4.78, 5) is 28.6. The van der Waals surface area contributed by atoms with Crippen molar-refractivity contribution in [2.45, 2.75) is 6.04 Å². The quantitative estimate of drug-likeness (QED) is 0.862. The van der Waals surface area contributed by atoms with E-state index in [1.54, 1.807) is 24.3 Å². The summed E-state index contributed by atoms with van der Waals surface area (Å²) in [6.45, 7) is 2.23. The minimum absolute atomic E-state index is 0.0151. The van der Waals surface area contributed by atoms with Crippen molar-refractivity contribution in [2.24, 2.45) is 0 Å². The lowest BCUT2D eigenvalue weighted by Crippen LogP contribution is -2.50. The zero-order valence-corrected chi connectivity index (χ0v) is 15.0. The van der Waals surface area contributed by atoms with Crippen LogP contribution in [-0.4, -0.2) is 55.6 Å². The van der Waals surface area contributed by atoms with Crippen LogP contribution in [-0.2, 0) is 4.74 Å². The molecule has 6 heteroatoms. The van der Waals surface area contributed by atoms with E-state index < -0.39 is 5.97 Å². The van der Waals surface area contributed by atoms with Crippen molar-refractivity contribution in [3.8, 4) is 0 Å². The van der Waals surface area contributed by atoms with E-state index in [-0.39, 0.29) is 12.1 Å². The average Bonchev–Trinajstić information content (AvgIpc) is 2.68. The van der Waals surface area contributed by atoms with Gasteiger partial charge in [0, 0.05) is 25.3 Å². The van der Waals surface area contributed by atoms with E-state index >= 15 is 0 Å². The molecule has 2 amide bonds. The Bertz CT molecular complexity index is 779. The number of carbonyl (C=O) groups is 2. The summed E-state index contributed by atoms with van der Waals surface area (Å²) in [6.07, 6.45) is 0. The molecular weight excluding hydrogens is 330 g/mol. The number of urea groups is 1. The second-order valence-electron chi connectivity index (χ2n) is 6.38. The first-order valence-corrected chi connectivity index (χ1v) is 8.58. The van der Waals surface area contributed by atoms with Gasteiger partial charge in [-0.15, -0.1) is 0 Å². The van der Waals surface area contributed by atoms with Crippen molar-refractivity contribution in [3.63, 3.8) is 0 Å². The van der Waals surface area contributed by atoms with Gasteiger partial charge in [0.15, 0.2) is 0 Å². The third kappa shape index (κ3) is 4.03. The van der Waals surface area contributed by atoms with Crippen LogP contribution in [0.5, 0.6) is 0 Å². The van der Waals surface area contributed by atoms with Crippen LogP contribution in [0.15, 0.2) is 54.6 Å². The van der Waals surface area contributed by atoms with Crippen molar-refractivity contribution in [1.29, 1.82) is 0 Å². The van der Waals surface area contributed by atoms with Crippen LogP contribution >= 0.6 is 0 Å². The van der Waals surface area contributed by atoms with Crippen molar-refractivity contribution in [1.82, 2.24) is 9.80 Å². The number of anilines is 1. The van der Waals surface area contributed by atoms with E-state index in [0.29, 0.717) is 17.8 Å². The van der Waals surface area contributed by atoms with Gasteiger partial charge in [-0.2, -0.15) is 0 Å². The predicted octanol–water partition coefficient (Wildman–Crippen LogP) is 2.99. The Morgan fingerprint density at radius 2 is 1.85 bits per heavy atom. The molecule has 1 saturated heterocycles. The maximum atomic E-state index is 12.9. The highest BCUT2D eigenvalue weighted by molar-refractivity contribution is 5.94. The zero-order chi connectivity index (χ0) is 18.5. The number of ether oxygens (including phenoxy) is 1. The summed E-state index contributed by atoms with van der Waals surface area (Å²) in [7, 11) is 3.40. The molecule has 2 aromatic carbocycles. The lowest BCUT2D eigenvalue weighted by atomic mass is 10.0. The standard InChI is InChI=1S/C20H23N3O3/c1-22-11-12-23(18(14-22)15-7-4-3-5-8-15)20(25)21-17-10-6-9-16(13-17)19(24)26-2/h3-10,13,18H,11-12,14H2,1-2H3,(H,21,25). The lowest BCUT2D eigenvalue weighted by Gasteiger charge is -2.40. The Balaban J connectivity index is 1.78. The van der Waals surface area contributed by atoms with Crippen LogP contribution in [0, 0.1) is 0 Å². The minimum Gasteiger partial charge on any atom is -0.465 e. The van der Waals surface area contributed by atoms with Gasteiger partial charge in [0.05, 0.1) is 18.7 Å². The number of hydrogen-bond donors (Lipinski definition) is 1. The number of carbonyl (C=O) groups excluding carboxylic acids is 2. The number of methoxy groups -OCH3 is 1. The molecule has 0 radical (unpaired) electrons. The minimum atomic E-state index is -0.428. The monoisotopic (exact) mass is 353 g/mol. The molecule has 3 rings (SSSR count). The van der Waals surface area contributed by atoms with Gasteiger partial charge in [-0.05, 0) is 30.8 Å². The topological polar surface area (TPSA) is 61.9 Å². The second-order valence-corrected chi connectivity index (χ2v) is 6.38. The summed E-state index contributed by atoms with van der Waals surface area (Å²) in [6, 6.07) is 16.6. The van der Waals surface area contributed by atoms with E-state index in [4.69, 9.17) is 4.74 Å². The second kappa shape index (κ2) is 8.01. The van der Waals surface area contributed by atoms with E-state index in [1.165, 1.54) is 7.11 Å². The predicted molar refractivity (Wildman–Crippen MR) is 100 cm³/mol. The van der Waals surface area contributed by atoms with Crippen LogP contribution in [0.3, 0.4) is 0 Å². The smallest absolute Gasteiger partial charge is 0.337 e. The fraction of sp³-hybridized carbons (Fsp3) is 0.300. The Morgan fingerprint density at radius 3 is 2.58 bits per heavy atom. The van der Waals surface area contributed by atoms with Crippen LogP contribution in [0.25, 0.3) is 0 Å². The SMILES string of the molecule is COC(=O)c1cccc(NC(=O)N2CCN(C)CC2c2ccccc2)c1. The average molecular weight is 353 g/mol. The Morgan fingerprint density at radius 1 is 1.08 bits per heavy atom. The molecule has 136 valence electrons. The molecule has 1 N–H and O–H groups in total. The molecular formula is C20H23N3O3. The van der Waals surface area contributed by atoms with Crippen molar-refractivity contribution >= 4 is 17.7 Å².